The zero-order valence-electron chi connectivity index (χ0n) is 16.2. The normalized spacial score (nSPS) is 21.0. The van der Waals surface area contributed by atoms with Crippen molar-refractivity contribution in [3.05, 3.63) is 24.4 Å². The molecule has 5 nitrogen and oxygen atoms in total. The second-order valence-electron chi connectivity index (χ2n) is 7.49. The van der Waals surface area contributed by atoms with Crippen molar-refractivity contribution in [3.63, 3.8) is 0 Å². The number of pyridine rings is 1. The van der Waals surface area contributed by atoms with Gasteiger partial charge < -0.3 is 19.7 Å². The SMILES string of the molecule is COc1cc2nccc(N3CCC[C@H](C4CCNCC4)C3)c2cc1OC.Cl. The van der Waals surface area contributed by atoms with Crippen LogP contribution in [0.5, 0.6) is 11.5 Å². The molecule has 2 aliphatic rings. The van der Waals surface area contributed by atoms with Gasteiger partial charge in [-0.25, -0.2) is 0 Å². The summed E-state index contributed by atoms with van der Waals surface area (Å²) in [4.78, 5) is 7.12. The lowest BCUT2D eigenvalue weighted by Gasteiger charge is -2.40. The summed E-state index contributed by atoms with van der Waals surface area (Å²) in [6, 6.07) is 6.20. The Morgan fingerprint density at radius 3 is 2.52 bits per heavy atom. The Morgan fingerprint density at radius 2 is 1.78 bits per heavy atom. The second-order valence-corrected chi connectivity index (χ2v) is 7.49. The monoisotopic (exact) mass is 391 g/mol. The molecule has 2 fully saturated rings. The van der Waals surface area contributed by atoms with Gasteiger partial charge in [-0.2, -0.15) is 0 Å². The van der Waals surface area contributed by atoms with E-state index >= 15 is 0 Å². The summed E-state index contributed by atoms with van der Waals surface area (Å²) >= 11 is 0. The highest BCUT2D eigenvalue weighted by atomic mass is 35.5. The first-order valence-electron chi connectivity index (χ1n) is 9.76. The van der Waals surface area contributed by atoms with E-state index < -0.39 is 0 Å². The van der Waals surface area contributed by atoms with Crippen LogP contribution in [-0.2, 0) is 0 Å². The summed E-state index contributed by atoms with van der Waals surface area (Å²) in [7, 11) is 3.36. The molecule has 0 bridgehead atoms. The van der Waals surface area contributed by atoms with Gasteiger partial charge >= 0.3 is 0 Å². The zero-order chi connectivity index (χ0) is 17.9. The van der Waals surface area contributed by atoms with Crippen molar-refractivity contribution in [1.82, 2.24) is 10.3 Å². The lowest BCUT2D eigenvalue weighted by atomic mass is 9.80. The predicted octanol–water partition coefficient (Wildman–Crippen LogP) is 3.89. The molecule has 0 saturated carbocycles. The van der Waals surface area contributed by atoms with Gasteiger partial charge in [-0.3, -0.25) is 4.98 Å². The van der Waals surface area contributed by atoms with Gasteiger partial charge in [-0.05, 0) is 62.7 Å². The van der Waals surface area contributed by atoms with Crippen LogP contribution in [0.1, 0.15) is 25.7 Å². The molecule has 148 valence electrons. The number of rotatable bonds is 4. The minimum Gasteiger partial charge on any atom is -0.493 e. The molecule has 4 rings (SSSR count). The highest BCUT2D eigenvalue weighted by Gasteiger charge is 2.29. The molecule has 6 heteroatoms. The Kier molecular flexibility index (Phi) is 6.66. The maximum absolute atomic E-state index is 5.52. The van der Waals surface area contributed by atoms with Crippen LogP contribution in [0.15, 0.2) is 24.4 Å². The molecule has 1 atom stereocenters. The van der Waals surface area contributed by atoms with Gasteiger partial charge in [-0.1, -0.05) is 0 Å². The number of benzene rings is 1. The fourth-order valence-electron chi connectivity index (χ4n) is 4.66. The molecule has 0 radical (unpaired) electrons. The summed E-state index contributed by atoms with van der Waals surface area (Å²) in [6.07, 6.45) is 7.19. The molecule has 1 aromatic carbocycles. The van der Waals surface area contributed by atoms with E-state index in [4.69, 9.17) is 9.47 Å². The van der Waals surface area contributed by atoms with E-state index in [0.717, 1.165) is 47.3 Å². The van der Waals surface area contributed by atoms with Crippen LogP contribution in [-0.4, -0.2) is 45.4 Å². The van der Waals surface area contributed by atoms with Gasteiger partial charge in [0.05, 0.1) is 19.7 Å². The van der Waals surface area contributed by atoms with Gasteiger partial charge in [0.15, 0.2) is 11.5 Å². The Hall–Kier alpha value is -1.72. The average Bonchev–Trinajstić information content (AvgIpc) is 2.73. The third kappa shape index (κ3) is 4.09. The quantitative estimate of drug-likeness (QED) is 0.856. The number of piperidine rings is 2. The summed E-state index contributed by atoms with van der Waals surface area (Å²) in [6.45, 7) is 4.62. The molecule has 2 aromatic rings. The zero-order valence-corrected chi connectivity index (χ0v) is 17.1. The molecule has 1 aromatic heterocycles. The Morgan fingerprint density at radius 1 is 1.04 bits per heavy atom. The summed E-state index contributed by atoms with van der Waals surface area (Å²) in [5.41, 5.74) is 2.23. The first-order chi connectivity index (χ1) is 12.8. The van der Waals surface area contributed by atoms with E-state index in [-0.39, 0.29) is 12.4 Å². The number of aromatic nitrogens is 1. The van der Waals surface area contributed by atoms with Crippen molar-refractivity contribution in [2.24, 2.45) is 11.8 Å². The lowest BCUT2D eigenvalue weighted by molar-refractivity contribution is 0.230. The molecule has 2 saturated heterocycles. The molecular weight excluding hydrogens is 362 g/mol. The minimum atomic E-state index is 0. The predicted molar refractivity (Wildman–Crippen MR) is 113 cm³/mol. The van der Waals surface area contributed by atoms with Crippen molar-refractivity contribution in [1.29, 1.82) is 0 Å². The largest absolute Gasteiger partial charge is 0.493 e. The maximum Gasteiger partial charge on any atom is 0.162 e. The van der Waals surface area contributed by atoms with Crippen LogP contribution >= 0.6 is 12.4 Å². The maximum atomic E-state index is 5.52. The molecule has 2 aliphatic heterocycles. The van der Waals surface area contributed by atoms with E-state index in [9.17, 15) is 0 Å². The number of hydrogen-bond acceptors (Lipinski definition) is 5. The molecule has 3 heterocycles. The fraction of sp³-hybridized carbons (Fsp3) is 0.571. The highest BCUT2D eigenvalue weighted by Crippen LogP contribution is 2.38. The number of methoxy groups -OCH3 is 2. The van der Waals surface area contributed by atoms with Crippen molar-refractivity contribution in [3.8, 4) is 11.5 Å². The Bertz CT molecular complexity index is 764. The van der Waals surface area contributed by atoms with E-state index in [1.54, 1.807) is 14.2 Å². The van der Waals surface area contributed by atoms with Gasteiger partial charge in [0.25, 0.3) is 0 Å². The van der Waals surface area contributed by atoms with E-state index in [1.807, 2.05) is 12.3 Å². The molecule has 1 N–H and O–H groups in total. The first-order valence-corrected chi connectivity index (χ1v) is 9.76. The topological polar surface area (TPSA) is 46.6 Å². The van der Waals surface area contributed by atoms with Crippen molar-refractivity contribution in [2.45, 2.75) is 25.7 Å². The summed E-state index contributed by atoms with van der Waals surface area (Å²) < 4.78 is 11.0. The average molecular weight is 392 g/mol. The highest BCUT2D eigenvalue weighted by molar-refractivity contribution is 5.94. The third-order valence-electron chi connectivity index (χ3n) is 6.07. The smallest absolute Gasteiger partial charge is 0.162 e. The van der Waals surface area contributed by atoms with Crippen LogP contribution < -0.4 is 19.7 Å². The number of nitrogens with zero attached hydrogens (tertiary/aromatic N) is 2. The van der Waals surface area contributed by atoms with Gasteiger partial charge in [0, 0.05) is 36.4 Å². The van der Waals surface area contributed by atoms with Gasteiger partial charge in [0.1, 0.15) is 0 Å². The molecule has 0 unspecified atom stereocenters. The van der Waals surface area contributed by atoms with E-state index in [1.165, 1.54) is 44.5 Å². The Balaban J connectivity index is 0.00000210. The molecule has 27 heavy (non-hydrogen) atoms. The van der Waals surface area contributed by atoms with Crippen LogP contribution in [0, 0.1) is 11.8 Å². The first kappa shape index (κ1) is 20.0. The van der Waals surface area contributed by atoms with Crippen molar-refractivity contribution in [2.75, 3.05) is 45.3 Å². The molecule has 0 spiro atoms. The van der Waals surface area contributed by atoms with Crippen LogP contribution in [0.3, 0.4) is 0 Å². The van der Waals surface area contributed by atoms with Crippen molar-refractivity contribution >= 4 is 29.0 Å². The van der Waals surface area contributed by atoms with Gasteiger partial charge in [0.2, 0.25) is 0 Å². The van der Waals surface area contributed by atoms with Crippen LogP contribution in [0.25, 0.3) is 10.9 Å². The number of hydrogen-bond donors (Lipinski definition) is 1. The lowest BCUT2D eigenvalue weighted by Crippen LogP contribution is -2.41. The Labute approximate surface area is 167 Å². The van der Waals surface area contributed by atoms with E-state index in [2.05, 4.69) is 27.3 Å². The van der Waals surface area contributed by atoms with Crippen molar-refractivity contribution < 1.29 is 9.47 Å². The summed E-state index contributed by atoms with van der Waals surface area (Å²) in [5.74, 6) is 3.16. The number of halogens is 1. The summed E-state index contributed by atoms with van der Waals surface area (Å²) in [5, 5.41) is 4.65. The number of ether oxygens (including phenoxy) is 2. The molecular formula is C21H30ClN3O2. The standard InChI is InChI=1S/C21H29N3O2.ClH/c1-25-20-12-17-18(13-21(20)26-2)23-10-7-19(17)24-11-3-4-16(14-24)15-5-8-22-9-6-15;/h7,10,12-13,15-16,22H,3-6,8-9,11,14H2,1-2H3;1H/t16-;/m0./s1. The number of anilines is 1. The van der Waals surface area contributed by atoms with Gasteiger partial charge in [-0.15, -0.1) is 12.4 Å². The molecule has 0 amide bonds. The fourth-order valence-corrected chi connectivity index (χ4v) is 4.66. The molecule has 0 aliphatic carbocycles. The third-order valence-corrected chi connectivity index (χ3v) is 6.07. The second kappa shape index (κ2) is 8.98. The van der Waals surface area contributed by atoms with E-state index in [0.29, 0.717) is 0 Å². The van der Waals surface area contributed by atoms with Crippen LogP contribution in [0.2, 0.25) is 0 Å². The number of fused-ring (bicyclic) bond motifs is 1. The minimum absolute atomic E-state index is 0. The number of nitrogens with one attached hydrogen (secondary N) is 1. The van der Waals surface area contributed by atoms with Crippen LogP contribution in [0.4, 0.5) is 5.69 Å².